The summed E-state index contributed by atoms with van der Waals surface area (Å²) in [6, 6.07) is 6.44. The van der Waals surface area contributed by atoms with Crippen molar-refractivity contribution in [2.24, 2.45) is 5.92 Å². The molecule has 0 radical (unpaired) electrons. The number of benzene rings is 1. The van der Waals surface area contributed by atoms with Crippen LogP contribution in [0.1, 0.15) is 23.2 Å². The summed E-state index contributed by atoms with van der Waals surface area (Å²) in [7, 11) is 0. The average molecular weight is 258 g/mol. The average Bonchev–Trinajstić information content (AvgIpc) is 3.13. The fourth-order valence-electron chi connectivity index (χ4n) is 1.70. The lowest BCUT2D eigenvalue weighted by atomic mass is 10.2. The number of carbonyl (C=O) groups excluding carboxylic acids is 1. The number of hydrazine groups is 1. The molecule has 2 rings (SSSR count). The summed E-state index contributed by atoms with van der Waals surface area (Å²) in [5.41, 5.74) is 4.53. The van der Waals surface area contributed by atoms with E-state index in [1.165, 1.54) is 12.1 Å². The minimum absolute atomic E-state index is 0.321. The second-order valence-corrected chi connectivity index (χ2v) is 4.32. The van der Waals surface area contributed by atoms with Crippen LogP contribution < -0.4 is 10.9 Å². The third-order valence-corrected chi connectivity index (χ3v) is 2.82. The van der Waals surface area contributed by atoms with Crippen molar-refractivity contribution in [1.82, 2.24) is 10.9 Å². The van der Waals surface area contributed by atoms with Crippen LogP contribution >= 0.6 is 0 Å². The third-order valence-electron chi connectivity index (χ3n) is 2.82. The number of amides is 1. The second-order valence-electron chi connectivity index (χ2n) is 4.32. The largest absolute Gasteiger partial charge is 0.405 e. The predicted octanol–water partition coefficient (Wildman–Crippen LogP) is 2.26. The van der Waals surface area contributed by atoms with Gasteiger partial charge in [0.1, 0.15) is 6.04 Å². The highest BCUT2D eigenvalue weighted by molar-refractivity contribution is 5.93. The van der Waals surface area contributed by atoms with Gasteiger partial charge in [0.2, 0.25) is 0 Å². The zero-order valence-corrected chi connectivity index (χ0v) is 9.50. The molecule has 18 heavy (non-hydrogen) atoms. The molecule has 1 aliphatic carbocycles. The molecule has 3 nitrogen and oxygen atoms in total. The molecule has 0 heterocycles. The van der Waals surface area contributed by atoms with E-state index >= 15 is 0 Å². The zero-order valence-electron chi connectivity index (χ0n) is 9.50. The molecule has 6 heteroatoms. The van der Waals surface area contributed by atoms with Gasteiger partial charge in [0.05, 0.1) is 0 Å². The monoisotopic (exact) mass is 258 g/mol. The van der Waals surface area contributed by atoms with Crippen molar-refractivity contribution in [1.29, 1.82) is 0 Å². The van der Waals surface area contributed by atoms with Gasteiger partial charge in [-0.3, -0.25) is 10.2 Å². The summed E-state index contributed by atoms with van der Waals surface area (Å²) in [4.78, 5) is 11.6. The van der Waals surface area contributed by atoms with Crippen molar-refractivity contribution in [2.75, 3.05) is 0 Å². The first-order valence-electron chi connectivity index (χ1n) is 5.66. The van der Waals surface area contributed by atoms with Gasteiger partial charge in [0.15, 0.2) is 0 Å². The molecule has 2 N–H and O–H groups in total. The van der Waals surface area contributed by atoms with E-state index in [2.05, 4.69) is 10.9 Å². The molecule has 1 aromatic carbocycles. The van der Waals surface area contributed by atoms with Crippen molar-refractivity contribution in [3.63, 3.8) is 0 Å². The molecule has 1 amide bonds. The van der Waals surface area contributed by atoms with Gasteiger partial charge in [0.25, 0.3) is 5.91 Å². The van der Waals surface area contributed by atoms with Gasteiger partial charge in [0, 0.05) is 5.56 Å². The van der Waals surface area contributed by atoms with Gasteiger partial charge in [-0.2, -0.15) is 13.2 Å². The van der Waals surface area contributed by atoms with Crippen molar-refractivity contribution in [2.45, 2.75) is 25.1 Å². The van der Waals surface area contributed by atoms with Gasteiger partial charge in [-0.1, -0.05) is 18.2 Å². The first-order valence-corrected chi connectivity index (χ1v) is 5.66. The number of hydrogen-bond donors (Lipinski definition) is 2. The normalized spacial score (nSPS) is 17.3. The zero-order chi connectivity index (χ0) is 13.2. The maximum absolute atomic E-state index is 12.6. The van der Waals surface area contributed by atoms with E-state index in [0.717, 1.165) is 0 Å². The number of alkyl halides is 3. The van der Waals surface area contributed by atoms with Crippen molar-refractivity contribution < 1.29 is 18.0 Å². The molecular weight excluding hydrogens is 245 g/mol. The Morgan fingerprint density at radius 1 is 1.22 bits per heavy atom. The second kappa shape index (κ2) is 4.97. The predicted molar refractivity (Wildman–Crippen MR) is 59.6 cm³/mol. The summed E-state index contributed by atoms with van der Waals surface area (Å²) in [5, 5.41) is 0. The lowest BCUT2D eigenvalue weighted by Gasteiger charge is -2.21. The van der Waals surface area contributed by atoms with E-state index in [1.807, 2.05) is 0 Å². The van der Waals surface area contributed by atoms with Gasteiger partial charge >= 0.3 is 6.18 Å². The van der Waals surface area contributed by atoms with Gasteiger partial charge in [-0.25, -0.2) is 5.43 Å². The van der Waals surface area contributed by atoms with Gasteiger partial charge < -0.3 is 0 Å². The summed E-state index contributed by atoms with van der Waals surface area (Å²) in [6.07, 6.45) is -3.26. The van der Waals surface area contributed by atoms with E-state index in [4.69, 9.17) is 0 Å². The fourth-order valence-corrected chi connectivity index (χ4v) is 1.70. The Morgan fingerprint density at radius 3 is 2.33 bits per heavy atom. The van der Waals surface area contributed by atoms with Crippen LogP contribution in [0, 0.1) is 5.92 Å². The Balaban J connectivity index is 1.92. The Hall–Kier alpha value is -1.56. The van der Waals surface area contributed by atoms with Crippen LogP contribution in [0.3, 0.4) is 0 Å². The highest BCUT2D eigenvalue weighted by atomic mass is 19.4. The molecule has 1 fully saturated rings. The highest BCUT2D eigenvalue weighted by Crippen LogP contribution is 2.39. The van der Waals surface area contributed by atoms with Crippen LogP contribution in [0.4, 0.5) is 13.2 Å². The maximum Gasteiger partial charge on any atom is 0.405 e. The molecule has 0 aliphatic heterocycles. The van der Waals surface area contributed by atoms with Crippen LogP contribution in [0.25, 0.3) is 0 Å². The number of rotatable bonds is 4. The minimum Gasteiger partial charge on any atom is -0.287 e. The first kappa shape index (κ1) is 12.9. The molecular formula is C12H13F3N2O. The number of hydrogen-bond acceptors (Lipinski definition) is 2. The smallest absolute Gasteiger partial charge is 0.287 e. The molecule has 0 aromatic heterocycles. The van der Waals surface area contributed by atoms with Crippen molar-refractivity contribution >= 4 is 5.91 Å². The van der Waals surface area contributed by atoms with E-state index in [-0.39, 0.29) is 0 Å². The maximum atomic E-state index is 12.6. The van der Waals surface area contributed by atoms with Crippen LogP contribution in [0.5, 0.6) is 0 Å². The van der Waals surface area contributed by atoms with E-state index in [9.17, 15) is 18.0 Å². The lowest BCUT2D eigenvalue weighted by Crippen LogP contribution is -2.52. The molecule has 1 saturated carbocycles. The van der Waals surface area contributed by atoms with Crippen LogP contribution in [-0.2, 0) is 0 Å². The molecule has 98 valence electrons. The standard InChI is InChI=1S/C12H13F3N2O/c13-12(14,15)10(8-6-7-8)16-17-11(18)9-4-2-1-3-5-9/h1-5,8,10,16H,6-7H2,(H,17,18). The minimum atomic E-state index is -4.34. The Bertz CT molecular complexity index is 415. The molecule has 0 saturated heterocycles. The molecule has 1 aliphatic rings. The summed E-state index contributed by atoms with van der Waals surface area (Å²) < 4.78 is 37.9. The van der Waals surface area contributed by atoms with Gasteiger partial charge in [-0.05, 0) is 30.9 Å². The van der Waals surface area contributed by atoms with Crippen molar-refractivity contribution in [3.8, 4) is 0 Å². The Kier molecular flexibility index (Phi) is 3.56. The number of carbonyl (C=O) groups is 1. The fraction of sp³-hybridized carbons (Fsp3) is 0.417. The molecule has 1 aromatic rings. The Labute approximate surface area is 102 Å². The highest BCUT2D eigenvalue weighted by Gasteiger charge is 2.49. The third kappa shape index (κ3) is 3.22. The number of nitrogens with one attached hydrogen (secondary N) is 2. The summed E-state index contributed by atoms with van der Waals surface area (Å²) >= 11 is 0. The molecule has 0 spiro atoms. The van der Waals surface area contributed by atoms with Gasteiger partial charge in [-0.15, -0.1) is 0 Å². The Morgan fingerprint density at radius 2 is 1.83 bits per heavy atom. The molecule has 1 unspecified atom stereocenters. The quantitative estimate of drug-likeness (QED) is 0.813. The topological polar surface area (TPSA) is 41.1 Å². The van der Waals surface area contributed by atoms with Crippen LogP contribution in [-0.4, -0.2) is 18.1 Å². The SMILES string of the molecule is O=C(NNC(C1CC1)C(F)(F)F)c1ccccc1. The van der Waals surface area contributed by atoms with Crippen LogP contribution in [0.2, 0.25) is 0 Å². The van der Waals surface area contributed by atoms with Crippen molar-refractivity contribution in [3.05, 3.63) is 35.9 Å². The van der Waals surface area contributed by atoms with Crippen LogP contribution in [0.15, 0.2) is 30.3 Å². The summed E-state index contributed by atoms with van der Waals surface area (Å²) in [6.45, 7) is 0. The number of halogens is 3. The lowest BCUT2D eigenvalue weighted by molar-refractivity contribution is -0.162. The molecule has 1 atom stereocenters. The molecule has 0 bridgehead atoms. The first-order chi connectivity index (χ1) is 8.48. The van der Waals surface area contributed by atoms with E-state index in [0.29, 0.717) is 18.4 Å². The summed E-state index contributed by atoms with van der Waals surface area (Å²) in [5.74, 6) is -0.994. The van der Waals surface area contributed by atoms with E-state index in [1.54, 1.807) is 18.2 Å². The van der Waals surface area contributed by atoms with E-state index < -0.39 is 24.0 Å².